The van der Waals surface area contributed by atoms with Crippen LogP contribution in [0.5, 0.6) is 5.75 Å². The summed E-state index contributed by atoms with van der Waals surface area (Å²) in [5, 5.41) is 12.6. The maximum atomic E-state index is 12.0. The third-order valence-electron chi connectivity index (χ3n) is 3.52. The maximum absolute atomic E-state index is 12.0. The molecule has 2 aromatic carbocycles. The number of hydrogen-bond acceptors (Lipinski definition) is 4. The molecule has 0 fully saturated rings. The molecule has 0 saturated heterocycles. The maximum Gasteiger partial charge on any atom is 0.262 e. The van der Waals surface area contributed by atoms with Crippen LogP contribution in [0.1, 0.15) is 5.76 Å². The van der Waals surface area contributed by atoms with E-state index < -0.39 is 0 Å². The van der Waals surface area contributed by atoms with Crippen molar-refractivity contribution in [1.82, 2.24) is 0 Å². The number of furan rings is 1. The van der Waals surface area contributed by atoms with E-state index in [-0.39, 0.29) is 19.1 Å². The molecular weight excluding hydrogens is 377 g/mol. The monoisotopic (exact) mass is 391 g/mol. The summed E-state index contributed by atoms with van der Waals surface area (Å²) in [5.74, 6) is 1.21. The van der Waals surface area contributed by atoms with E-state index >= 15 is 0 Å². The molecule has 3 aromatic rings. The Morgan fingerprint density at radius 2 is 1.85 bits per heavy atom. The Morgan fingerprint density at radius 1 is 1.08 bits per heavy atom. The highest BCUT2D eigenvalue weighted by Gasteiger charge is 2.08. The summed E-state index contributed by atoms with van der Waals surface area (Å²) in [5.41, 5.74) is 1.46. The first-order valence-corrected chi connectivity index (χ1v) is 8.48. The Kier molecular flexibility index (Phi) is 5.83. The molecule has 1 aromatic heterocycles. The SMILES string of the molecule is O=C(COc1ccc(Cl)cc1Cl)Nc1ccc(-c2ccc(CO)o2)cc1. The highest BCUT2D eigenvalue weighted by molar-refractivity contribution is 6.35. The van der Waals surface area contributed by atoms with E-state index in [1.165, 1.54) is 0 Å². The quantitative estimate of drug-likeness (QED) is 0.634. The second-order valence-corrected chi connectivity index (χ2v) is 6.26. The van der Waals surface area contributed by atoms with Crippen molar-refractivity contribution in [2.75, 3.05) is 11.9 Å². The van der Waals surface area contributed by atoms with Crippen molar-refractivity contribution in [2.24, 2.45) is 0 Å². The molecule has 134 valence electrons. The molecule has 1 heterocycles. The summed E-state index contributed by atoms with van der Waals surface area (Å²) in [6.07, 6.45) is 0. The molecule has 0 radical (unpaired) electrons. The number of hydrogen-bond donors (Lipinski definition) is 2. The van der Waals surface area contributed by atoms with Gasteiger partial charge in [-0.2, -0.15) is 0 Å². The van der Waals surface area contributed by atoms with Crippen LogP contribution in [-0.2, 0) is 11.4 Å². The molecule has 2 N–H and O–H groups in total. The number of ether oxygens (including phenoxy) is 1. The van der Waals surface area contributed by atoms with Crippen LogP contribution in [0.15, 0.2) is 59.0 Å². The lowest BCUT2D eigenvalue weighted by Crippen LogP contribution is -2.20. The highest BCUT2D eigenvalue weighted by atomic mass is 35.5. The van der Waals surface area contributed by atoms with Gasteiger partial charge >= 0.3 is 0 Å². The van der Waals surface area contributed by atoms with Crippen LogP contribution in [0.2, 0.25) is 10.0 Å². The van der Waals surface area contributed by atoms with Crippen molar-refractivity contribution >= 4 is 34.8 Å². The van der Waals surface area contributed by atoms with E-state index in [2.05, 4.69) is 5.32 Å². The summed E-state index contributed by atoms with van der Waals surface area (Å²) in [6.45, 7) is -0.326. The second-order valence-electron chi connectivity index (χ2n) is 5.41. The first kappa shape index (κ1) is 18.3. The van der Waals surface area contributed by atoms with Gasteiger partial charge < -0.3 is 19.6 Å². The van der Waals surface area contributed by atoms with Crippen LogP contribution in [0.4, 0.5) is 5.69 Å². The number of halogens is 2. The summed E-state index contributed by atoms with van der Waals surface area (Å²) in [4.78, 5) is 12.0. The van der Waals surface area contributed by atoms with Crippen LogP contribution < -0.4 is 10.1 Å². The van der Waals surface area contributed by atoms with Crippen LogP contribution in [0.3, 0.4) is 0 Å². The molecule has 3 rings (SSSR count). The minimum atomic E-state index is -0.315. The van der Waals surface area contributed by atoms with Gasteiger partial charge in [0.2, 0.25) is 0 Å². The number of aliphatic hydroxyl groups excluding tert-OH is 1. The normalized spacial score (nSPS) is 10.6. The molecule has 26 heavy (non-hydrogen) atoms. The minimum absolute atomic E-state index is 0.147. The van der Waals surface area contributed by atoms with Gasteiger partial charge in [-0.15, -0.1) is 0 Å². The van der Waals surface area contributed by atoms with Gasteiger partial charge in [-0.25, -0.2) is 0 Å². The van der Waals surface area contributed by atoms with Gasteiger partial charge in [-0.3, -0.25) is 4.79 Å². The molecule has 0 atom stereocenters. The molecule has 0 aliphatic heterocycles. The van der Waals surface area contributed by atoms with Gasteiger partial charge in [0.15, 0.2) is 6.61 Å². The third kappa shape index (κ3) is 4.58. The van der Waals surface area contributed by atoms with E-state index in [0.29, 0.717) is 33.0 Å². The molecule has 5 nitrogen and oxygen atoms in total. The molecule has 1 amide bonds. The number of nitrogens with one attached hydrogen (secondary N) is 1. The molecule has 0 unspecified atom stereocenters. The first-order chi connectivity index (χ1) is 12.5. The predicted molar refractivity (Wildman–Crippen MR) is 101 cm³/mol. The Labute approximate surface area is 160 Å². The van der Waals surface area contributed by atoms with E-state index in [9.17, 15) is 4.79 Å². The molecule has 0 bridgehead atoms. The number of anilines is 1. The first-order valence-electron chi connectivity index (χ1n) is 7.73. The van der Waals surface area contributed by atoms with Gasteiger partial charge in [-0.05, 0) is 54.6 Å². The molecule has 0 saturated carbocycles. The van der Waals surface area contributed by atoms with Crippen LogP contribution in [-0.4, -0.2) is 17.6 Å². The van der Waals surface area contributed by atoms with Crippen molar-refractivity contribution in [3.8, 4) is 17.1 Å². The molecular formula is C19H15Cl2NO4. The van der Waals surface area contributed by atoms with Crippen molar-refractivity contribution < 1.29 is 19.1 Å². The topological polar surface area (TPSA) is 71.7 Å². The predicted octanol–water partition coefficient (Wildman–Crippen LogP) is 4.76. The fourth-order valence-corrected chi connectivity index (χ4v) is 2.73. The largest absolute Gasteiger partial charge is 0.482 e. The zero-order valence-corrected chi connectivity index (χ0v) is 15.1. The molecule has 0 spiro atoms. The zero-order chi connectivity index (χ0) is 18.5. The average molecular weight is 392 g/mol. The van der Waals surface area contributed by atoms with Gasteiger partial charge in [-0.1, -0.05) is 23.2 Å². The Balaban J connectivity index is 1.57. The van der Waals surface area contributed by atoms with Crippen molar-refractivity contribution in [2.45, 2.75) is 6.61 Å². The highest BCUT2D eigenvalue weighted by Crippen LogP contribution is 2.27. The van der Waals surface area contributed by atoms with E-state index in [1.54, 1.807) is 42.5 Å². The van der Waals surface area contributed by atoms with Crippen molar-refractivity contribution in [1.29, 1.82) is 0 Å². The molecule has 0 aliphatic rings. The van der Waals surface area contributed by atoms with Gasteiger partial charge in [0.25, 0.3) is 5.91 Å². The van der Waals surface area contributed by atoms with E-state index in [0.717, 1.165) is 5.56 Å². The fourth-order valence-electron chi connectivity index (χ4n) is 2.27. The Hall–Kier alpha value is -2.47. The van der Waals surface area contributed by atoms with Gasteiger partial charge in [0.1, 0.15) is 23.9 Å². The zero-order valence-electron chi connectivity index (χ0n) is 13.5. The van der Waals surface area contributed by atoms with Gasteiger partial charge in [0, 0.05) is 16.3 Å². The molecule has 0 aliphatic carbocycles. The van der Waals surface area contributed by atoms with E-state index in [4.69, 9.17) is 37.5 Å². The van der Waals surface area contributed by atoms with Crippen LogP contribution in [0.25, 0.3) is 11.3 Å². The number of carbonyl (C=O) groups is 1. The number of carbonyl (C=O) groups excluding carboxylic acids is 1. The van der Waals surface area contributed by atoms with Crippen LogP contribution in [0, 0.1) is 0 Å². The average Bonchev–Trinajstić information content (AvgIpc) is 3.11. The van der Waals surface area contributed by atoms with E-state index in [1.807, 2.05) is 12.1 Å². The van der Waals surface area contributed by atoms with Crippen molar-refractivity contribution in [3.63, 3.8) is 0 Å². The minimum Gasteiger partial charge on any atom is -0.482 e. The Bertz CT molecular complexity index is 906. The summed E-state index contributed by atoms with van der Waals surface area (Å²) >= 11 is 11.8. The second kappa shape index (κ2) is 8.27. The fraction of sp³-hybridized carbons (Fsp3) is 0.105. The number of aliphatic hydroxyl groups is 1. The summed E-state index contributed by atoms with van der Waals surface area (Å²) < 4.78 is 10.9. The number of benzene rings is 2. The smallest absolute Gasteiger partial charge is 0.262 e. The lowest BCUT2D eigenvalue weighted by atomic mass is 10.1. The Morgan fingerprint density at radius 3 is 2.50 bits per heavy atom. The van der Waals surface area contributed by atoms with Crippen molar-refractivity contribution in [3.05, 3.63) is 70.4 Å². The summed E-state index contributed by atoms with van der Waals surface area (Å²) in [6, 6.07) is 15.4. The van der Waals surface area contributed by atoms with Gasteiger partial charge in [0.05, 0.1) is 5.02 Å². The standard InChI is InChI=1S/C19H15Cl2NO4/c20-13-3-7-18(16(21)9-13)25-11-19(24)22-14-4-1-12(2-5-14)17-8-6-15(10-23)26-17/h1-9,23H,10-11H2,(H,22,24). The number of amides is 1. The third-order valence-corrected chi connectivity index (χ3v) is 4.05. The summed E-state index contributed by atoms with van der Waals surface area (Å²) in [7, 11) is 0. The lowest BCUT2D eigenvalue weighted by Gasteiger charge is -2.09. The lowest BCUT2D eigenvalue weighted by molar-refractivity contribution is -0.118. The van der Waals surface area contributed by atoms with Crippen LogP contribution >= 0.6 is 23.2 Å². The number of rotatable bonds is 6. The molecule has 7 heteroatoms.